The fourth-order valence-electron chi connectivity index (χ4n) is 0.950. The van der Waals surface area contributed by atoms with Crippen LogP contribution in [0.1, 0.15) is 19.8 Å². The molecule has 9 heavy (non-hydrogen) atoms. The molecule has 1 N–H and O–H groups in total. The molecule has 1 aliphatic rings. The molecule has 0 aromatic rings. The average Bonchev–Trinajstić information content (AvgIpc) is 2.50. The Labute approximate surface area is 61.6 Å². The summed E-state index contributed by atoms with van der Waals surface area (Å²) in [6.45, 7) is 2.26. The first kappa shape index (κ1) is 7.42. The van der Waals surface area contributed by atoms with Gasteiger partial charge in [0.25, 0.3) is 0 Å². The molecule has 1 rings (SSSR count). The van der Waals surface area contributed by atoms with Crippen molar-refractivity contribution in [1.82, 2.24) is 5.32 Å². The summed E-state index contributed by atoms with van der Waals surface area (Å²) in [4.78, 5) is 0. The normalized spacial score (nSPS) is 22.0. The Bertz CT molecular complexity index is 81.0. The topological polar surface area (TPSA) is 12.0 Å². The number of hydrogen-bond acceptors (Lipinski definition) is 2. The predicted molar refractivity (Wildman–Crippen MR) is 44.0 cm³/mol. The molecule has 0 aromatic heterocycles. The summed E-state index contributed by atoms with van der Waals surface area (Å²) in [5.41, 5.74) is 0. The molecule has 0 bridgehead atoms. The van der Waals surface area contributed by atoms with Gasteiger partial charge in [0.05, 0.1) is 0 Å². The van der Waals surface area contributed by atoms with E-state index in [0.717, 1.165) is 6.04 Å². The van der Waals surface area contributed by atoms with Crippen LogP contribution >= 0.6 is 11.8 Å². The highest BCUT2D eigenvalue weighted by Gasteiger charge is 2.21. The summed E-state index contributed by atoms with van der Waals surface area (Å²) in [7, 11) is 0. The minimum atomic E-state index is 0.715. The third-order valence-corrected chi connectivity index (χ3v) is 2.35. The van der Waals surface area contributed by atoms with Gasteiger partial charge in [-0.1, -0.05) is 0 Å². The molecule has 0 heterocycles. The zero-order valence-corrected chi connectivity index (χ0v) is 7.00. The van der Waals surface area contributed by atoms with E-state index in [1.54, 1.807) is 0 Å². The van der Waals surface area contributed by atoms with Crippen LogP contribution in [0.2, 0.25) is 0 Å². The number of hydrogen-bond donors (Lipinski definition) is 1. The van der Waals surface area contributed by atoms with Crippen molar-refractivity contribution in [3.63, 3.8) is 0 Å². The molecule has 1 unspecified atom stereocenters. The van der Waals surface area contributed by atoms with Gasteiger partial charge < -0.3 is 5.32 Å². The molecule has 0 radical (unpaired) electrons. The lowest BCUT2D eigenvalue weighted by Crippen LogP contribution is -2.29. The van der Waals surface area contributed by atoms with E-state index in [1.165, 1.54) is 18.6 Å². The second-order valence-electron chi connectivity index (χ2n) is 2.80. The van der Waals surface area contributed by atoms with E-state index in [4.69, 9.17) is 0 Å². The Morgan fingerprint density at radius 2 is 2.33 bits per heavy atom. The van der Waals surface area contributed by atoms with Crippen LogP contribution in [0.25, 0.3) is 0 Å². The van der Waals surface area contributed by atoms with Gasteiger partial charge in [0.15, 0.2) is 0 Å². The molecule has 0 aromatic carbocycles. The fraction of sp³-hybridized carbons (Fsp3) is 1.00. The highest BCUT2D eigenvalue weighted by molar-refractivity contribution is 7.98. The second-order valence-corrected chi connectivity index (χ2v) is 3.71. The van der Waals surface area contributed by atoms with Crippen LogP contribution in [0.5, 0.6) is 0 Å². The lowest BCUT2D eigenvalue weighted by molar-refractivity contribution is 0.592. The van der Waals surface area contributed by atoms with E-state index < -0.39 is 0 Å². The van der Waals surface area contributed by atoms with E-state index >= 15 is 0 Å². The predicted octanol–water partition coefficient (Wildman–Crippen LogP) is 1.49. The molecule has 1 saturated carbocycles. The van der Waals surface area contributed by atoms with E-state index in [1.807, 2.05) is 11.8 Å². The average molecular weight is 145 g/mol. The minimum absolute atomic E-state index is 0.715. The van der Waals surface area contributed by atoms with Crippen LogP contribution in [-0.2, 0) is 0 Å². The second kappa shape index (κ2) is 3.47. The van der Waals surface area contributed by atoms with E-state index in [0.29, 0.717) is 6.04 Å². The van der Waals surface area contributed by atoms with Crippen LogP contribution in [0.4, 0.5) is 0 Å². The first-order chi connectivity index (χ1) is 4.33. The molecule has 1 atom stereocenters. The first-order valence-corrected chi connectivity index (χ1v) is 4.97. The van der Waals surface area contributed by atoms with Crippen LogP contribution in [0, 0.1) is 0 Å². The molecule has 0 aliphatic heterocycles. The third-order valence-electron chi connectivity index (χ3n) is 1.51. The molecule has 0 amide bonds. The molecule has 1 nitrogen and oxygen atoms in total. The van der Waals surface area contributed by atoms with Crippen LogP contribution in [0.3, 0.4) is 0 Å². The van der Waals surface area contributed by atoms with Gasteiger partial charge in [0.1, 0.15) is 0 Å². The highest BCUT2D eigenvalue weighted by atomic mass is 32.2. The molecule has 1 aliphatic carbocycles. The molecule has 1 fully saturated rings. The van der Waals surface area contributed by atoms with Gasteiger partial charge in [0.2, 0.25) is 0 Å². The standard InChI is InChI=1S/C7H15NS/c1-6(5-9-2)8-7-3-4-7/h6-8H,3-5H2,1-2H3. The Hall–Kier alpha value is 0.310. The lowest BCUT2D eigenvalue weighted by Gasteiger charge is -2.09. The van der Waals surface area contributed by atoms with Crippen LogP contribution < -0.4 is 5.32 Å². The Kier molecular flexibility index (Phi) is 2.86. The molecule has 0 saturated heterocycles. The Morgan fingerprint density at radius 3 is 2.78 bits per heavy atom. The summed E-state index contributed by atoms with van der Waals surface area (Å²) < 4.78 is 0. The zero-order chi connectivity index (χ0) is 6.69. The molecule has 0 spiro atoms. The minimum Gasteiger partial charge on any atom is -0.311 e. The number of thioether (sulfide) groups is 1. The number of rotatable bonds is 4. The largest absolute Gasteiger partial charge is 0.311 e. The zero-order valence-electron chi connectivity index (χ0n) is 6.18. The van der Waals surface area contributed by atoms with Crippen molar-refractivity contribution in [3.8, 4) is 0 Å². The van der Waals surface area contributed by atoms with Gasteiger partial charge in [-0.05, 0) is 26.0 Å². The first-order valence-electron chi connectivity index (χ1n) is 3.58. The van der Waals surface area contributed by atoms with Crippen molar-refractivity contribution in [3.05, 3.63) is 0 Å². The molecular weight excluding hydrogens is 130 g/mol. The lowest BCUT2D eigenvalue weighted by atomic mass is 10.4. The van der Waals surface area contributed by atoms with E-state index in [9.17, 15) is 0 Å². The monoisotopic (exact) mass is 145 g/mol. The van der Waals surface area contributed by atoms with E-state index in [2.05, 4.69) is 18.5 Å². The number of nitrogens with one attached hydrogen (secondary N) is 1. The Balaban J connectivity index is 1.95. The maximum Gasteiger partial charge on any atom is 0.0132 e. The fourth-order valence-corrected chi connectivity index (χ4v) is 1.55. The maximum absolute atomic E-state index is 3.53. The SMILES string of the molecule is CSCC(C)NC1CC1. The molecule has 54 valence electrons. The molecular formula is C7H15NS. The van der Waals surface area contributed by atoms with Crippen molar-refractivity contribution in [2.24, 2.45) is 0 Å². The van der Waals surface area contributed by atoms with Gasteiger partial charge in [-0.2, -0.15) is 11.8 Å². The van der Waals surface area contributed by atoms with Crippen molar-refractivity contribution in [1.29, 1.82) is 0 Å². The quantitative estimate of drug-likeness (QED) is 0.643. The van der Waals surface area contributed by atoms with Gasteiger partial charge in [-0.3, -0.25) is 0 Å². The summed E-state index contributed by atoms with van der Waals surface area (Å²) in [5.74, 6) is 1.25. The van der Waals surface area contributed by atoms with Crippen molar-refractivity contribution >= 4 is 11.8 Å². The summed E-state index contributed by atoms with van der Waals surface area (Å²) in [6.07, 6.45) is 4.96. The van der Waals surface area contributed by atoms with Crippen molar-refractivity contribution in [2.75, 3.05) is 12.0 Å². The van der Waals surface area contributed by atoms with Gasteiger partial charge in [-0.15, -0.1) is 0 Å². The summed E-state index contributed by atoms with van der Waals surface area (Å²) >= 11 is 1.92. The van der Waals surface area contributed by atoms with Gasteiger partial charge in [0, 0.05) is 17.8 Å². The smallest absolute Gasteiger partial charge is 0.0132 e. The Morgan fingerprint density at radius 1 is 1.67 bits per heavy atom. The summed E-state index contributed by atoms with van der Waals surface area (Å²) in [5, 5.41) is 3.53. The van der Waals surface area contributed by atoms with Crippen molar-refractivity contribution < 1.29 is 0 Å². The molecule has 2 heteroatoms. The van der Waals surface area contributed by atoms with Crippen LogP contribution in [-0.4, -0.2) is 24.1 Å². The summed E-state index contributed by atoms with van der Waals surface area (Å²) in [6, 6.07) is 1.58. The van der Waals surface area contributed by atoms with Crippen LogP contribution in [0.15, 0.2) is 0 Å². The van der Waals surface area contributed by atoms with Gasteiger partial charge >= 0.3 is 0 Å². The van der Waals surface area contributed by atoms with Crippen molar-refractivity contribution in [2.45, 2.75) is 31.8 Å². The van der Waals surface area contributed by atoms with E-state index in [-0.39, 0.29) is 0 Å². The third kappa shape index (κ3) is 3.11. The highest BCUT2D eigenvalue weighted by Crippen LogP contribution is 2.19. The maximum atomic E-state index is 3.53. The van der Waals surface area contributed by atoms with Gasteiger partial charge in [-0.25, -0.2) is 0 Å².